The van der Waals surface area contributed by atoms with E-state index in [-0.39, 0.29) is 5.84 Å². The molecule has 1 atom stereocenters. The zero-order valence-corrected chi connectivity index (χ0v) is 18.0. The van der Waals surface area contributed by atoms with Crippen molar-refractivity contribution in [3.05, 3.63) is 108 Å². The van der Waals surface area contributed by atoms with Crippen LogP contribution in [0.15, 0.2) is 85.5 Å². The number of nitrogen functional groups attached to an aromatic ring is 1. The van der Waals surface area contributed by atoms with Gasteiger partial charge in [-0.3, -0.25) is 5.41 Å². The standard InChI is InChI=1S/C26H27N3O3/c1-3-7-20-16-21(12-15-23(20)32-17-18-8-5-4-6-9-18)24(26(30)31-2)29-22-13-10-19(11-14-22)25(27)28/h3-6,8-16,24,29H,1,7,17H2,2H3,(H3,27,28). The Morgan fingerprint density at radius 1 is 1.12 bits per heavy atom. The number of methoxy groups -OCH3 is 1. The maximum Gasteiger partial charge on any atom is 0.332 e. The highest BCUT2D eigenvalue weighted by molar-refractivity contribution is 5.95. The number of anilines is 1. The highest BCUT2D eigenvalue weighted by Gasteiger charge is 2.22. The van der Waals surface area contributed by atoms with Crippen LogP contribution in [0.1, 0.15) is 28.3 Å². The molecule has 0 spiro atoms. The molecule has 0 saturated carbocycles. The molecule has 0 aromatic heterocycles. The van der Waals surface area contributed by atoms with Crippen LogP contribution in [-0.4, -0.2) is 18.9 Å². The second-order valence-electron chi connectivity index (χ2n) is 7.23. The van der Waals surface area contributed by atoms with Gasteiger partial charge in [-0.1, -0.05) is 42.5 Å². The Morgan fingerprint density at radius 3 is 2.47 bits per heavy atom. The summed E-state index contributed by atoms with van der Waals surface area (Å²) in [6, 6.07) is 21.9. The van der Waals surface area contributed by atoms with Gasteiger partial charge in [0.2, 0.25) is 0 Å². The summed E-state index contributed by atoms with van der Waals surface area (Å²) in [7, 11) is 1.36. The minimum Gasteiger partial charge on any atom is -0.489 e. The average Bonchev–Trinajstić information content (AvgIpc) is 2.82. The zero-order valence-electron chi connectivity index (χ0n) is 18.0. The molecular weight excluding hydrogens is 402 g/mol. The molecule has 6 heteroatoms. The first-order chi connectivity index (χ1) is 15.5. The molecule has 0 amide bonds. The van der Waals surface area contributed by atoms with Crippen LogP contribution in [0, 0.1) is 5.41 Å². The number of rotatable bonds is 10. The lowest BCUT2D eigenvalue weighted by molar-refractivity contribution is -0.141. The number of hydrogen-bond acceptors (Lipinski definition) is 5. The molecule has 6 nitrogen and oxygen atoms in total. The molecule has 0 heterocycles. The summed E-state index contributed by atoms with van der Waals surface area (Å²) in [5.74, 6) is 0.316. The van der Waals surface area contributed by atoms with Gasteiger partial charge in [0.1, 0.15) is 18.2 Å². The van der Waals surface area contributed by atoms with E-state index in [1.165, 1.54) is 7.11 Å². The molecule has 32 heavy (non-hydrogen) atoms. The third kappa shape index (κ3) is 5.76. The Morgan fingerprint density at radius 2 is 1.84 bits per heavy atom. The lowest BCUT2D eigenvalue weighted by atomic mass is 10.0. The molecule has 3 aromatic rings. The normalized spacial score (nSPS) is 11.3. The molecule has 0 aliphatic carbocycles. The van der Waals surface area contributed by atoms with Crippen LogP contribution < -0.4 is 15.8 Å². The van der Waals surface area contributed by atoms with E-state index in [2.05, 4.69) is 11.9 Å². The van der Waals surface area contributed by atoms with Gasteiger partial charge in [0.05, 0.1) is 7.11 Å². The minimum absolute atomic E-state index is 0.0128. The molecule has 164 valence electrons. The van der Waals surface area contributed by atoms with E-state index in [0.29, 0.717) is 24.3 Å². The summed E-state index contributed by atoms with van der Waals surface area (Å²) in [5, 5.41) is 10.7. The van der Waals surface area contributed by atoms with Crippen molar-refractivity contribution in [1.29, 1.82) is 5.41 Å². The second kappa shape index (κ2) is 10.8. The number of nitrogens with two attached hydrogens (primary N) is 1. The van der Waals surface area contributed by atoms with Crippen LogP contribution >= 0.6 is 0 Å². The van der Waals surface area contributed by atoms with Gasteiger partial charge in [-0.25, -0.2) is 4.79 Å². The SMILES string of the molecule is C=CCc1cc(C(Nc2ccc(C(=N)N)cc2)C(=O)OC)ccc1OCc1ccccc1. The molecule has 0 saturated heterocycles. The molecule has 4 N–H and O–H groups in total. The quantitative estimate of drug-likeness (QED) is 0.189. The number of esters is 1. The number of nitrogens with one attached hydrogen (secondary N) is 2. The maximum atomic E-state index is 12.6. The molecule has 0 fully saturated rings. The minimum atomic E-state index is -0.713. The summed E-state index contributed by atoms with van der Waals surface area (Å²) >= 11 is 0. The lowest BCUT2D eigenvalue weighted by Crippen LogP contribution is -2.22. The fourth-order valence-electron chi connectivity index (χ4n) is 3.28. The Bertz CT molecular complexity index is 1080. The number of benzene rings is 3. The van der Waals surface area contributed by atoms with Crippen LogP contribution in [0.2, 0.25) is 0 Å². The summed E-state index contributed by atoms with van der Waals surface area (Å²) in [6.07, 6.45) is 2.40. The van der Waals surface area contributed by atoms with Gasteiger partial charge in [-0.05, 0) is 59.5 Å². The predicted octanol–water partition coefficient (Wildman–Crippen LogP) is 4.60. The Kier molecular flexibility index (Phi) is 7.65. The van der Waals surface area contributed by atoms with Gasteiger partial charge < -0.3 is 20.5 Å². The van der Waals surface area contributed by atoms with Gasteiger partial charge in [0.25, 0.3) is 0 Å². The van der Waals surface area contributed by atoms with Crippen molar-refractivity contribution in [3.63, 3.8) is 0 Å². The van der Waals surface area contributed by atoms with Crippen molar-refractivity contribution in [3.8, 4) is 5.75 Å². The van der Waals surface area contributed by atoms with E-state index >= 15 is 0 Å². The van der Waals surface area contributed by atoms with Gasteiger partial charge >= 0.3 is 5.97 Å². The van der Waals surface area contributed by atoms with E-state index in [4.69, 9.17) is 20.6 Å². The second-order valence-corrected chi connectivity index (χ2v) is 7.23. The Balaban J connectivity index is 1.85. The van der Waals surface area contributed by atoms with Gasteiger partial charge in [0.15, 0.2) is 6.04 Å². The number of ether oxygens (including phenoxy) is 2. The van der Waals surface area contributed by atoms with Gasteiger partial charge in [0, 0.05) is 11.3 Å². The lowest BCUT2D eigenvalue weighted by Gasteiger charge is -2.20. The molecule has 0 radical (unpaired) electrons. The largest absolute Gasteiger partial charge is 0.489 e. The predicted molar refractivity (Wildman–Crippen MR) is 127 cm³/mol. The molecule has 1 unspecified atom stereocenters. The van der Waals surface area contributed by atoms with Crippen molar-refractivity contribution in [2.24, 2.45) is 5.73 Å². The third-order valence-corrected chi connectivity index (χ3v) is 4.96. The summed E-state index contributed by atoms with van der Waals surface area (Å²) in [5.41, 5.74) is 9.58. The van der Waals surface area contributed by atoms with E-state index in [0.717, 1.165) is 22.4 Å². The number of hydrogen-bond donors (Lipinski definition) is 3. The average molecular weight is 430 g/mol. The molecule has 3 aromatic carbocycles. The first-order valence-corrected chi connectivity index (χ1v) is 10.2. The van der Waals surface area contributed by atoms with E-state index in [1.54, 1.807) is 30.3 Å². The van der Waals surface area contributed by atoms with Crippen molar-refractivity contribution in [2.75, 3.05) is 12.4 Å². The smallest absolute Gasteiger partial charge is 0.332 e. The van der Waals surface area contributed by atoms with E-state index < -0.39 is 12.0 Å². The topological polar surface area (TPSA) is 97.4 Å². The van der Waals surface area contributed by atoms with E-state index in [9.17, 15) is 4.79 Å². The number of carbonyl (C=O) groups is 1. The van der Waals surface area contributed by atoms with E-state index in [1.807, 2.05) is 48.5 Å². The number of amidine groups is 1. The van der Waals surface area contributed by atoms with Crippen molar-refractivity contribution < 1.29 is 14.3 Å². The fourth-order valence-corrected chi connectivity index (χ4v) is 3.28. The van der Waals surface area contributed by atoms with Crippen LogP contribution in [0.4, 0.5) is 5.69 Å². The maximum absolute atomic E-state index is 12.6. The highest BCUT2D eigenvalue weighted by Crippen LogP contribution is 2.28. The molecular formula is C26H27N3O3. The first kappa shape index (κ1) is 22.6. The molecule has 0 aliphatic rings. The fraction of sp³-hybridized carbons (Fsp3) is 0.154. The van der Waals surface area contributed by atoms with Crippen LogP contribution in [0.5, 0.6) is 5.75 Å². The van der Waals surface area contributed by atoms with Crippen LogP contribution in [0.25, 0.3) is 0 Å². The summed E-state index contributed by atoms with van der Waals surface area (Å²) in [4.78, 5) is 12.6. The molecule has 0 bridgehead atoms. The van der Waals surface area contributed by atoms with Gasteiger partial charge in [-0.2, -0.15) is 0 Å². The van der Waals surface area contributed by atoms with Crippen molar-refractivity contribution in [1.82, 2.24) is 0 Å². The monoisotopic (exact) mass is 429 g/mol. The summed E-state index contributed by atoms with van der Waals surface area (Å²) in [6.45, 7) is 4.29. The Labute approximate surface area is 188 Å². The Hall–Kier alpha value is -4.06. The highest BCUT2D eigenvalue weighted by atomic mass is 16.5. The van der Waals surface area contributed by atoms with Crippen LogP contribution in [0.3, 0.4) is 0 Å². The molecule has 3 rings (SSSR count). The molecule has 0 aliphatic heterocycles. The van der Waals surface area contributed by atoms with Crippen LogP contribution in [-0.2, 0) is 22.6 Å². The van der Waals surface area contributed by atoms with Gasteiger partial charge in [-0.15, -0.1) is 6.58 Å². The number of allylic oxidation sites excluding steroid dienone is 1. The summed E-state index contributed by atoms with van der Waals surface area (Å²) < 4.78 is 11.1. The van der Waals surface area contributed by atoms with Crippen molar-refractivity contribution >= 4 is 17.5 Å². The number of carbonyl (C=O) groups excluding carboxylic acids is 1. The third-order valence-electron chi connectivity index (χ3n) is 4.96. The van der Waals surface area contributed by atoms with Crippen molar-refractivity contribution in [2.45, 2.75) is 19.1 Å². The zero-order chi connectivity index (χ0) is 22.9. The first-order valence-electron chi connectivity index (χ1n) is 10.2.